The third kappa shape index (κ3) is 6.02. The van der Waals surface area contributed by atoms with Crippen LogP contribution in [0.25, 0.3) is 11.0 Å². The van der Waals surface area contributed by atoms with Crippen LogP contribution in [0, 0.1) is 5.92 Å². The first-order valence-electron chi connectivity index (χ1n) is 13.1. The number of nitrogens with zero attached hydrogens (tertiary/aromatic N) is 3. The largest absolute Gasteiger partial charge is 0.497 e. The minimum Gasteiger partial charge on any atom is -0.497 e. The summed E-state index contributed by atoms with van der Waals surface area (Å²) in [6, 6.07) is 14.9. The van der Waals surface area contributed by atoms with Gasteiger partial charge in [0.15, 0.2) is 0 Å². The van der Waals surface area contributed by atoms with E-state index in [1.807, 2.05) is 56.3 Å². The van der Waals surface area contributed by atoms with Gasteiger partial charge in [0, 0.05) is 25.0 Å². The number of carbonyl (C=O) groups excluding carboxylic acids is 2. The second-order valence-corrected chi connectivity index (χ2v) is 9.98. The predicted octanol–water partition coefficient (Wildman–Crippen LogP) is 3.89. The average Bonchev–Trinajstić information content (AvgIpc) is 3.22. The number of methoxy groups -OCH3 is 1. The third-order valence-electron chi connectivity index (χ3n) is 7.27. The molecule has 1 atom stereocenters. The number of nitrogens with one attached hydrogen (secondary N) is 1. The van der Waals surface area contributed by atoms with Crippen molar-refractivity contribution in [2.24, 2.45) is 11.7 Å². The monoisotopic (exact) mass is 523 g/mol. The number of benzene rings is 2. The van der Waals surface area contributed by atoms with Crippen LogP contribution in [-0.2, 0) is 4.74 Å². The molecule has 1 saturated heterocycles. The first kappa shape index (κ1) is 27.3. The second-order valence-electron chi connectivity index (χ2n) is 9.98. The van der Waals surface area contributed by atoms with Gasteiger partial charge in [0.25, 0.3) is 0 Å². The lowest BCUT2D eigenvalue weighted by molar-refractivity contribution is 0.0995. The molecule has 3 N–H and O–H groups in total. The number of fused-ring (bicyclic) bond motifs is 1. The first-order valence-corrected chi connectivity index (χ1v) is 13.1. The van der Waals surface area contributed by atoms with E-state index in [9.17, 15) is 14.4 Å². The molecular weight excluding hydrogens is 486 g/mol. The normalized spacial score (nSPS) is 15.5. The standard InChI is InChI=1S/C28H37N5O5/c1-19(2)32-24-6-4-5-7-25(24)33(28(32)36)27(35)30-18-20-12-15-31(16-13-20)23(14-17-38-26(29)34)21-8-10-22(37-3)11-9-21/h4-11,19-20,23H,12-18H2,1-3H3,(H2,29,34)(H,30,35). The number of hydrogen-bond donors (Lipinski definition) is 2. The summed E-state index contributed by atoms with van der Waals surface area (Å²) in [4.78, 5) is 39.6. The molecule has 2 heterocycles. The molecule has 1 unspecified atom stereocenters. The topological polar surface area (TPSA) is 121 Å². The van der Waals surface area contributed by atoms with Gasteiger partial charge in [0.2, 0.25) is 0 Å². The molecule has 0 saturated carbocycles. The molecule has 0 radical (unpaired) electrons. The summed E-state index contributed by atoms with van der Waals surface area (Å²) in [7, 11) is 1.63. The summed E-state index contributed by atoms with van der Waals surface area (Å²) in [6.07, 6.45) is 1.64. The highest BCUT2D eigenvalue weighted by atomic mass is 16.5. The number of hydrogen-bond acceptors (Lipinski definition) is 6. The maximum Gasteiger partial charge on any atom is 0.404 e. The molecule has 1 fully saturated rings. The maximum absolute atomic E-state index is 13.1. The SMILES string of the molecule is COc1ccc(C(CCOC(N)=O)N2CCC(CNC(=O)n3c(=O)n(C(C)C)c4ccccc43)CC2)cc1. The van der Waals surface area contributed by atoms with Gasteiger partial charge in [0.05, 0.1) is 24.8 Å². The highest BCUT2D eigenvalue weighted by Crippen LogP contribution is 2.30. The van der Waals surface area contributed by atoms with Gasteiger partial charge in [-0.1, -0.05) is 24.3 Å². The van der Waals surface area contributed by atoms with E-state index in [2.05, 4.69) is 10.2 Å². The molecule has 2 amide bonds. The first-order chi connectivity index (χ1) is 18.3. The van der Waals surface area contributed by atoms with Gasteiger partial charge in [0.1, 0.15) is 5.75 Å². The Labute approximate surface area is 222 Å². The number of para-hydroxylation sites is 2. The van der Waals surface area contributed by atoms with Crippen molar-refractivity contribution in [3.63, 3.8) is 0 Å². The Kier molecular flexibility index (Phi) is 8.73. The van der Waals surface area contributed by atoms with Crippen LogP contribution in [0.15, 0.2) is 53.3 Å². The van der Waals surface area contributed by atoms with Gasteiger partial charge in [-0.15, -0.1) is 0 Å². The van der Waals surface area contributed by atoms with Gasteiger partial charge in [-0.2, -0.15) is 0 Å². The Hall–Kier alpha value is -3.79. The Morgan fingerprint density at radius 2 is 1.71 bits per heavy atom. The van der Waals surface area contributed by atoms with E-state index in [0.29, 0.717) is 24.4 Å². The summed E-state index contributed by atoms with van der Waals surface area (Å²) >= 11 is 0. The van der Waals surface area contributed by atoms with Crippen LogP contribution in [0.4, 0.5) is 9.59 Å². The van der Waals surface area contributed by atoms with E-state index in [1.54, 1.807) is 17.7 Å². The lowest BCUT2D eigenvalue weighted by Crippen LogP contribution is -2.43. The van der Waals surface area contributed by atoms with Gasteiger partial charge in [-0.05, 0) is 75.5 Å². The molecule has 3 aromatic rings. The van der Waals surface area contributed by atoms with Crippen LogP contribution in [0.2, 0.25) is 0 Å². The molecule has 1 aliphatic heterocycles. The molecule has 10 nitrogen and oxygen atoms in total. The van der Waals surface area contributed by atoms with Gasteiger partial charge < -0.3 is 20.5 Å². The van der Waals surface area contributed by atoms with Crippen LogP contribution < -0.4 is 21.5 Å². The summed E-state index contributed by atoms with van der Waals surface area (Å²) < 4.78 is 13.2. The Morgan fingerprint density at radius 1 is 1.05 bits per heavy atom. The lowest BCUT2D eigenvalue weighted by Gasteiger charge is -2.38. The van der Waals surface area contributed by atoms with Crippen molar-refractivity contribution in [3.05, 3.63) is 64.6 Å². The number of primary amides is 1. The van der Waals surface area contributed by atoms with Crippen molar-refractivity contribution >= 4 is 23.2 Å². The fourth-order valence-electron chi connectivity index (χ4n) is 5.30. The highest BCUT2D eigenvalue weighted by molar-refractivity contribution is 5.89. The second kappa shape index (κ2) is 12.2. The van der Waals surface area contributed by atoms with Crippen molar-refractivity contribution in [3.8, 4) is 5.75 Å². The molecule has 2 aromatic carbocycles. The minimum atomic E-state index is -0.774. The number of imidazole rings is 1. The Morgan fingerprint density at radius 3 is 2.32 bits per heavy atom. The molecule has 1 aliphatic rings. The molecular formula is C28H37N5O5. The summed E-state index contributed by atoms with van der Waals surface area (Å²) in [6.45, 7) is 6.27. The van der Waals surface area contributed by atoms with Crippen molar-refractivity contribution in [2.45, 2.75) is 45.2 Å². The average molecular weight is 524 g/mol. The van der Waals surface area contributed by atoms with Crippen LogP contribution in [-0.4, -0.2) is 59.5 Å². The molecule has 0 spiro atoms. The zero-order chi connectivity index (χ0) is 27.2. The van der Waals surface area contributed by atoms with E-state index in [0.717, 1.165) is 42.8 Å². The van der Waals surface area contributed by atoms with E-state index >= 15 is 0 Å². The van der Waals surface area contributed by atoms with Crippen LogP contribution in [0.5, 0.6) is 5.75 Å². The van der Waals surface area contributed by atoms with Crippen molar-refractivity contribution in [1.29, 1.82) is 0 Å². The Balaban J connectivity index is 1.39. The molecule has 38 heavy (non-hydrogen) atoms. The van der Waals surface area contributed by atoms with E-state index in [-0.39, 0.29) is 24.4 Å². The minimum absolute atomic E-state index is 0.0576. The Bertz CT molecular complexity index is 1310. The molecule has 0 aliphatic carbocycles. The van der Waals surface area contributed by atoms with E-state index in [1.165, 1.54) is 4.57 Å². The maximum atomic E-state index is 13.1. The van der Waals surface area contributed by atoms with E-state index in [4.69, 9.17) is 15.2 Å². The zero-order valence-electron chi connectivity index (χ0n) is 22.3. The van der Waals surface area contributed by atoms with Crippen molar-refractivity contribution in [1.82, 2.24) is 19.4 Å². The quantitative estimate of drug-likeness (QED) is 0.439. The summed E-state index contributed by atoms with van der Waals surface area (Å²) in [5.41, 5.74) is 7.31. The van der Waals surface area contributed by atoms with Crippen LogP contribution in [0.1, 0.15) is 50.8 Å². The van der Waals surface area contributed by atoms with Crippen molar-refractivity contribution < 1.29 is 19.1 Å². The number of carbonyl (C=O) groups is 2. The summed E-state index contributed by atoms with van der Waals surface area (Å²) in [5.74, 6) is 1.08. The number of aromatic nitrogens is 2. The van der Waals surface area contributed by atoms with Crippen LogP contribution in [0.3, 0.4) is 0 Å². The molecule has 0 bridgehead atoms. The molecule has 204 valence electrons. The number of amides is 2. The number of rotatable bonds is 9. The smallest absolute Gasteiger partial charge is 0.404 e. The summed E-state index contributed by atoms with van der Waals surface area (Å²) in [5, 5.41) is 3.00. The van der Waals surface area contributed by atoms with Gasteiger partial charge in [-0.3, -0.25) is 9.47 Å². The fraction of sp³-hybridized carbons (Fsp3) is 0.464. The lowest BCUT2D eigenvalue weighted by atomic mass is 9.93. The fourth-order valence-corrected chi connectivity index (χ4v) is 5.30. The molecule has 1 aromatic heterocycles. The van der Waals surface area contributed by atoms with Crippen molar-refractivity contribution in [2.75, 3.05) is 33.4 Å². The zero-order valence-corrected chi connectivity index (χ0v) is 22.3. The molecule has 10 heteroatoms. The number of nitrogens with two attached hydrogens (primary N) is 1. The predicted molar refractivity (Wildman–Crippen MR) is 146 cm³/mol. The molecule has 4 rings (SSSR count). The van der Waals surface area contributed by atoms with Crippen LogP contribution >= 0.6 is 0 Å². The number of likely N-dealkylation sites (tertiary alicyclic amines) is 1. The van der Waals surface area contributed by atoms with E-state index < -0.39 is 12.1 Å². The van der Waals surface area contributed by atoms with Gasteiger partial charge >= 0.3 is 17.8 Å². The number of piperidine rings is 1. The third-order valence-corrected chi connectivity index (χ3v) is 7.27. The number of ether oxygens (including phenoxy) is 2. The highest BCUT2D eigenvalue weighted by Gasteiger charge is 2.27. The van der Waals surface area contributed by atoms with Gasteiger partial charge in [-0.25, -0.2) is 19.0 Å².